The van der Waals surface area contributed by atoms with Gasteiger partial charge in [0.05, 0.1) is 5.92 Å². The summed E-state index contributed by atoms with van der Waals surface area (Å²) in [4.78, 5) is 41.0. The van der Waals surface area contributed by atoms with Crippen molar-refractivity contribution in [2.75, 3.05) is 29.7 Å². The molecule has 0 saturated carbocycles. The molecule has 2 aromatic carbocycles. The molecule has 3 heterocycles. The molecule has 1 saturated heterocycles. The lowest BCUT2D eigenvalue weighted by Gasteiger charge is -2.20. The fraction of sp³-hybridized carbons (Fsp3) is 0.375. The van der Waals surface area contributed by atoms with Crippen molar-refractivity contribution in [2.24, 2.45) is 5.92 Å². The summed E-state index contributed by atoms with van der Waals surface area (Å²) in [7, 11) is 0. The fourth-order valence-corrected chi connectivity index (χ4v) is 4.52. The highest BCUT2D eigenvalue weighted by Crippen LogP contribution is 2.35. The molecule has 3 amide bonds. The SMILES string of the molecule is CCC(=O)N1CCc2cc(N3C[C@@H](C(=O)NCc4ccc5c(c4)OCO5)CC3=O)ccc21. The normalized spacial score (nSPS) is 18.8. The quantitative estimate of drug-likeness (QED) is 0.779. The second-order valence-electron chi connectivity index (χ2n) is 8.27. The van der Waals surface area contributed by atoms with Crippen LogP contribution in [0.5, 0.6) is 11.5 Å². The Morgan fingerprint density at radius 2 is 1.97 bits per heavy atom. The molecule has 8 heteroatoms. The second-order valence-corrected chi connectivity index (χ2v) is 8.27. The first kappa shape index (κ1) is 20.4. The van der Waals surface area contributed by atoms with E-state index in [1.807, 2.05) is 43.3 Å². The summed E-state index contributed by atoms with van der Waals surface area (Å²) in [5, 5.41) is 2.93. The molecule has 8 nitrogen and oxygen atoms in total. The second kappa shape index (κ2) is 8.18. The number of nitrogens with one attached hydrogen (secondary N) is 1. The molecule has 0 bridgehead atoms. The van der Waals surface area contributed by atoms with Gasteiger partial charge in [-0.15, -0.1) is 0 Å². The van der Waals surface area contributed by atoms with Gasteiger partial charge in [0.2, 0.25) is 24.5 Å². The van der Waals surface area contributed by atoms with Gasteiger partial charge in [0, 0.05) is 43.9 Å². The Labute approximate surface area is 186 Å². The summed E-state index contributed by atoms with van der Waals surface area (Å²) in [6, 6.07) is 11.3. The predicted molar refractivity (Wildman–Crippen MR) is 118 cm³/mol. The van der Waals surface area contributed by atoms with Crippen molar-refractivity contribution in [2.45, 2.75) is 32.7 Å². The summed E-state index contributed by atoms with van der Waals surface area (Å²) < 4.78 is 10.7. The van der Waals surface area contributed by atoms with Gasteiger partial charge < -0.3 is 24.6 Å². The zero-order valence-corrected chi connectivity index (χ0v) is 17.9. The lowest BCUT2D eigenvalue weighted by atomic mass is 10.1. The number of hydrogen-bond acceptors (Lipinski definition) is 5. The Bertz CT molecular complexity index is 1100. The van der Waals surface area contributed by atoms with E-state index in [1.165, 1.54) is 0 Å². The highest BCUT2D eigenvalue weighted by atomic mass is 16.7. The predicted octanol–water partition coefficient (Wildman–Crippen LogP) is 2.38. The van der Waals surface area contributed by atoms with Crippen molar-refractivity contribution in [1.29, 1.82) is 0 Å². The smallest absolute Gasteiger partial charge is 0.231 e. The molecule has 0 aliphatic carbocycles. The highest BCUT2D eigenvalue weighted by Gasteiger charge is 2.36. The minimum absolute atomic E-state index is 0.0623. The van der Waals surface area contributed by atoms with Crippen LogP contribution in [0.4, 0.5) is 11.4 Å². The number of carbonyl (C=O) groups is 3. The van der Waals surface area contributed by atoms with Crippen LogP contribution < -0.4 is 24.6 Å². The van der Waals surface area contributed by atoms with Crippen molar-refractivity contribution in [3.05, 3.63) is 47.5 Å². The minimum Gasteiger partial charge on any atom is -0.454 e. The van der Waals surface area contributed by atoms with Gasteiger partial charge in [-0.05, 0) is 47.9 Å². The lowest BCUT2D eigenvalue weighted by molar-refractivity contribution is -0.126. The molecule has 1 fully saturated rings. The van der Waals surface area contributed by atoms with Gasteiger partial charge in [-0.3, -0.25) is 14.4 Å². The molecular formula is C24H25N3O5. The number of anilines is 2. The van der Waals surface area contributed by atoms with Crippen LogP contribution in [0.2, 0.25) is 0 Å². The van der Waals surface area contributed by atoms with Crippen molar-refractivity contribution in [1.82, 2.24) is 5.32 Å². The average molecular weight is 435 g/mol. The van der Waals surface area contributed by atoms with E-state index in [4.69, 9.17) is 9.47 Å². The van der Waals surface area contributed by atoms with Gasteiger partial charge >= 0.3 is 0 Å². The minimum atomic E-state index is -0.400. The van der Waals surface area contributed by atoms with Crippen LogP contribution in [0.1, 0.15) is 30.9 Å². The number of hydrogen-bond donors (Lipinski definition) is 1. The summed E-state index contributed by atoms with van der Waals surface area (Å²) in [6.07, 6.45) is 1.43. The van der Waals surface area contributed by atoms with E-state index in [9.17, 15) is 14.4 Å². The molecule has 32 heavy (non-hydrogen) atoms. The first-order chi connectivity index (χ1) is 15.5. The molecule has 2 aromatic rings. The van der Waals surface area contributed by atoms with Crippen LogP contribution >= 0.6 is 0 Å². The summed E-state index contributed by atoms with van der Waals surface area (Å²) in [6.45, 7) is 3.45. The Kier molecular flexibility index (Phi) is 5.20. The highest BCUT2D eigenvalue weighted by molar-refractivity contribution is 6.01. The van der Waals surface area contributed by atoms with Gasteiger partial charge in [0.1, 0.15) is 0 Å². The maximum atomic E-state index is 12.7. The fourth-order valence-electron chi connectivity index (χ4n) is 4.52. The van der Waals surface area contributed by atoms with Crippen molar-refractivity contribution in [3.8, 4) is 11.5 Å². The molecular weight excluding hydrogens is 410 g/mol. The average Bonchev–Trinajstić information content (AvgIpc) is 3.54. The van der Waals surface area contributed by atoms with E-state index >= 15 is 0 Å². The number of fused-ring (bicyclic) bond motifs is 2. The molecule has 3 aliphatic heterocycles. The maximum Gasteiger partial charge on any atom is 0.231 e. The monoisotopic (exact) mass is 435 g/mol. The zero-order valence-electron chi connectivity index (χ0n) is 17.9. The molecule has 166 valence electrons. The molecule has 0 aromatic heterocycles. The Morgan fingerprint density at radius 3 is 2.81 bits per heavy atom. The van der Waals surface area contributed by atoms with E-state index in [0.29, 0.717) is 37.6 Å². The third-order valence-corrected chi connectivity index (χ3v) is 6.27. The first-order valence-electron chi connectivity index (χ1n) is 10.9. The molecule has 1 atom stereocenters. The third kappa shape index (κ3) is 3.66. The van der Waals surface area contributed by atoms with Crippen LogP contribution in [0.3, 0.4) is 0 Å². The number of carbonyl (C=O) groups excluding carboxylic acids is 3. The van der Waals surface area contributed by atoms with E-state index in [-0.39, 0.29) is 30.9 Å². The van der Waals surface area contributed by atoms with Gasteiger partial charge in [0.25, 0.3) is 0 Å². The summed E-state index contributed by atoms with van der Waals surface area (Å²) in [5.74, 6) is 0.881. The molecule has 0 spiro atoms. The standard InChI is InChI=1S/C24H25N3O5/c1-2-22(28)26-8-7-16-10-18(4-5-19(16)26)27-13-17(11-23(27)29)24(30)25-12-15-3-6-20-21(9-15)32-14-31-20/h3-6,9-10,17H,2,7-8,11-14H2,1H3,(H,25,30)/t17-/m0/s1. The molecule has 1 N–H and O–H groups in total. The largest absolute Gasteiger partial charge is 0.454 e. The van der Waals surface area contributed by atoms with Crippen molar-refractivity contribution < 1.29 is 23.9 Å². The summed E-state index contributed by atoms with van der Waals surface area (Å²) >= 11 is 0. The first-order valence-corrected chi connectivity index (χ1v) is 10.9. The number of nitrogens with zero attached hydrogens (tertiary/aromatic N) is 2. The Hall–Kier alpha value is -3.55. The Balaban J connectivity index is 1.22. The van der Waals surface area contributed by atoms with E-state index in [1.54, 1.807) is 9.80 Å². The number of rotatable bonds is 5. The molecule has 5 rings (SSSR count). The molecule has 3 aliphatic rings. The van der Waals surface area contributed by atoms with Crippen LogP contribution in [-0.4, -0.2) is 37.6 Å². The van der Waals surface area contributed by atoms with Gasteiger partial charge in [-0.2, -0.15) is 0 Å². The van der Waals surface area contributed by atoms with E-state index in [0.717, 1.165) is 28.9 Å². The number of ether oxygens (including phenoxy) is 2. The Morgan fingerprint density at radius 1 is 1.12 bits per heavy atom. The lowest BCUT2D eigenvalue weighted by Crippen LogP contribution is -2.32. The van der Waals surface area contributed by atoms with Crippen LogP contribution in [0.25, 0.3) is 0 Å². The van der Waals surface area contributed by atoms with Crippen LogP contribution in [0, 0.1) is 5.92 Å². The van der Waals surface area contributed by atoms with Crippen molar-refractivity contribution >= 4 is 29.1 Å². The molecule has 0 unspecified atom stereocenters. The topological polar surface area (TPSA) is 88.2 Å². The van der Waals surface area contributed by atoms with Gasteiger partial charge in [-0.25, -0.2) is 0 Å². The maximum absolute atomic E-state index is 12.7. The molecule has 0 radical (unpaired) electrons. The van der Waals surface area contributed by atoms with Gasteiger partial charge in [0.15, 0.2) is 11.5 Å². The van der Waals surface area contributed by atoms with E-state index in [2.05, 4.69) is 5.32 Å². The number of amides is 3. The third-order valence-electron chi connectivity index (χ3n) is 6.27. The van der Waals surface area contributed by atoms with Crippen molar-refractivity contribution in [3.63, 3.8) is 0 Å². The van der Waals surface area contributed by atoms with Crippen LogP contribution in [0.15, 0.2) is 36.4 Å². The summed E-state index contributed by atoms with van der Waals surface area (Å²) in [5.41, 5.74) is 3.68. The zero-order chi connectivity index (χ0) is 22.2. The van der Waals surface area contributed by atoms with Gasteiger partial charge in [-0.1, -0.05) is 13.0 Å². The number of benzene rings is 2. The van der Waals surface area contributed by atoms with Crippen LogP contribution in [-0.2, 0) is 27.3 Å². The van der Waals surface area contributed by atoms with E-state index < -0.39 is 5.92 Å².